The smallest absolute Gasteiger partial charge is 0.185 e. The molecule has 1 aliphatic rings. The van der Waals surface area contributed by atoms with E-state index in [0.717, 1.165) is 19.5 Å². The van der Waals surface area contributed by atoms with E-state index in [0.29, 0.717) is 6.04 Å². The van der Waals surface area contributed by atoms with Crippen LogP contribution < -0.4 is 10.2 Å². The summed E-state index contributed by atoms with van der Waals surface area (Å²) in [6, 6.07) is 0.679. The van der Waals surface area contributed by atoms with Crippen LogP contribution in [0.25, 0.3) is 0 Å². The molecule has 0 amide bonds. The van der Waals surface area contributed by atoms with Crippen LogP contribution in [0.2, 0.25) is 0 Å². The van der Waals surface area contributed by atoms with Crippen molar-refractivity contribution in [1.29, 1.82) is 0 Å². The maximum absolute atomic E-state index is 4.82. The molecule has 0 saturated carbocycles. The first-order valence-corrected chi connectivity index (χ1v) is 8.73. The van der Waals surface area contributed by atoms with E-state index in [4.69, 9.17) is 4.98 Å². The van der Waals surface area contributed by atoms with Crippen LogP contribution in [-0.4, -0.2) is 36.1 Å². The summed E-state index contributed by atoms with van der Waals surface area (Å²) in [5.41, 5.74) is 1.27. The molecule has 1 unspecified atom stereocenters. The molecule has 0 radical (unpaired) electrons. The van der Waals surface area contributed by atoms with E-state index < -0.39 is 0 Å². The fourth-order valence-corrected chi connectivity index (χ4v) is 4.58. The van der Waals surface area contributed by atoms with Crippen LogP contribution in [0.3, 0.4) is 0 Å². The van der Waals surface area contributed by atoms with Crippen LogP contribution in [0.15, 0.2) is 0 Å². The third kappa shape index (κ3) is 3.19. The number of thiazole rings is 1. The van der Waals surface area contributed by atoms with Gasteiger partial charge in [0.1, 0.15) is 0 Å². The predicted octanol–water partition coefficient (Wildman–Crippen LogP) is 2.76. The number of aryl methyl sites for hydroxylation is 1. The van der Waals surface area contributed by atoms with E-state index in [-0.39, 0.29) is 0 Å². The number of anilines is 1. The van der Waals surface area contributed by atoms with Crippen LogP contribution in [0, 0.1) is 0 Å². The minimum Gasteiger partial charge on any atom is -0.347 e. The van der Waals surface area contributed by atoms with Crippen LogP contribution in [0.1, 0.15) is 30.8 Å². The molecule has 0 aliphatic carbocycles. The number of nitrogens with zero attached hydrogens (tertiary/aromatic N) is 2. The molecule has 5 heteroatoms. The van der Waals surface area contributed by atoms with E-state index in [9.17, 15) is 0 Å². The van der Waals surface area contributed by atoms with Crippen molar-refractivity contribution in [3.63, 3.8) is 0 Å². The molecule has 1 aromatic rings. The molecule has 2 heterocycles. The number of rotatable bonds is 6. The topological polar surface area (TPSA) is 28.2 Å². The average molecular weight is 285 g/mol. The second-order valence-corrected chi connectivity index (χ2v) is 6.84. The molecule has 0 aromatic carbocycles. The summed E-state index contributed by atoms with van der Waals surface area (Å²) in [5, 5.41) is 4.61. The van der Waals surface area contributed by atoms with Gasteiger partial charge in [0.2, 0.25) is 0 Å². The van der Waals surface area contributed by atoms with E-state index in [1.54, 1.807) is 0 Å². The standard InChI is InChI=1S/C13H23N3S2/c1-4-11-12(8-14-5-2)18-13(15-11)16(3)10-6-7-17-9-10/h10,14H,4-9H2,1-3H3. The van der Waals surface area contributed by atoms with Crippen LogP contribution in [-0.2, 0) is 13.0 Å². The Hall–Kier alpha value is -0.260. The predicted molar refractivity (Wildman–Crippen MR) is 83.0 cm³/mol. The molecule has 3 nitrogen and oxygen atoms in total. The lowest BCUT2D eigenvalue weighted by atomic mass is 10.2. The quantitative estimate of drug-likeness (QED) is 0.870. The molecular weight excluding hydrogens is 262 g/mol. The molecule has 1 aromatic heterocycles. The van der Waals surface area contributed by atoms with Gasteiger partial charge < -0.3 is 10.2 Å². The Bertz CT molecular complexity index is 372. The second kappa shape index (κ2) is 6.78. The minimum atomic E-state index is 0.679. The largest absolute Gasteiger partial charge is 0.347 e. The highest BCUT2D eigenvalue weighted by Gasteiger charge is 2.23. The zero-order chi connectivity index (χ0) is 13.0. The Labute approximate surface area is 118 Å². The van der Waals surface area contributed by atoms with Gasteiger partial charge in [-0.25, -0.2) is 4.98 Å². The number of aromatic nitrogens is 1. The Balaban J connectivity index is 2.09. The SMILES string of the molecule is CCNCc1sc(N(C)C2CCSC2)nc1CC. The van der Waals surface area contributed by atoms with Gasteiger partial charge in [0.05, 0.1) is 5.69 Å². The van der Waals surface area contributed by atoms with Crippen LogP contribution in [0.4, 0.5) is 5.13 Å². The first-order valence-electron chi connectivity index (χ1n) is 6.76. The molecule has 1 saturated heterocycles. The van der Waals surface area contributed by atoms with Gasteiger partial charge in [-0.1, -0.05) is 13.8 Å². The maximum Gasteiger partial charge on any atom is 0.185 e. The molecule has 1 fully saturated rings. The Morgan fingerprint density at radius 3 is 2.89 bits per heavy atom. The molecule has 1 N–H and O–H groups in total. The van der Waals surface area contributed by atoms with Gasteiger partial charge in [-0.2, -0.15) is 11.8 Å². The summed E-state index contributed by atoms with van der Waals surface area (Å²) in [6.45, 7) is 6.32. The molecule has 18 heavy (non-hydrogen) atoms. The number of hydrogen-bond donors (Lipinski definition) is 1. The summed E-state index contributed by atoms with van der Waals surface area (Å²) < 4.78 is 0. The molecule has 102 valence electrons. The Morgan fingerprint density at radius 2 is 2.28 bits per heavy atom. The molecular formula is C13H23N3S2. The lowest BCUT2D eigenvalue weighted by molar-refractivity contribution is 0.696. The van der Waals surface area contributed by atoms with Crippen LogP contribution in [0.5, 0.6) is 0 Å². The highest BCUT2D eigenvalue weighted by atomic mass is 32.2. The average Bonchev–Trinajstić information content (AvgIpc) is 3.04. The van der Waals surface area contributed by atoms with Gasteiger partial charge in [0, 0.05) is 30.3 Å². The summed E-state index contributed by atoms with van der Waals surface area (Å²) in [7, 11) is 2.20. The van der Waals surface area contributed by atoms with Gasteiger partial charge in [-0.3, -0.25) is 0 Å². The highest BCUT2D eigenvalue weighted by molar-refractivity contribution is 7.99. The fraction of sp³-hybridized carbons (Fsp3) is 0.769. The Morgan fingerprint density at radius 1 is 1.44 bits per heavy atom. The lowest BCUT2D eigenvalue weighted by Gasteiger charge is -2.22. The van der Waals surface area contributed by atoms with Crippen molar-refractivity contribution < 1.29 is 0 Å². The van der Waals surface area contributed by atoms with Gasteiger partial charge in [-0.05, 0) is 25.1 Å². The van der Waals surface area contributed by atoms with Crippen molar-refractivity contribution in [2.45, 2.75) is 39.3 Å². The summed E-state index contributed by atoms with van der Waals surface area (Å²) in [4.78, 5) is 8.62. The lowest BCUT2D eigenvalue weighted by Crippen LogP contribution is -2.31. The van der Waals surface area contributed by atoms with E-state index in [1.807, 2.05) is 11.3 Å². The maximum atomic E-state index is 4.82. The van der Waals surface area contributed by atoms with Gasteiger partial charge in [0.15, 0.2) is 5.13 Å². The van der Waals surface area contributed by atoms with Gasteiger partial charge in [0.25, 0.3) is 0 Å². The van der Waals surface area contributed by atoms with E-state index in [1.165, 1.54) is 33.6 Å². The van der Waals surface area contributed by atoms with E-state index >= 15 is 0 Å². The zero-order valence-electron chi connectivity index (χ0n) is 11.5. The number of nitrogens with one attached hydrogen (secondary N) is 1. The molecule has 0 spiro atoms. The summed E-state index contributed by atoms with van der Waals surface area (Å²) in [6.07, 6.45) is 2.33. The zero-order valence-corrected chi connectivity index (χ0v) is 13.2. The molecule has 1 atom stereocenters. The van der Waals surface area contributed by atoms with Gasteiger partial charge >= 0.3 is 0 Å². The summed E-state index contributed by atoms with van der Waals surface area (Å²) in [5.74, 6) is 2.55. The number of thioether (sulfide) groups is 1. The van der Waals surface area contributed by atoms with Crippen molar-refractivity contribution in [3.8, 4) is 0 Å². The minimum absolute atomic E-state index is 0.679. The monoisotopic (exact) mass is 285 g/mol. The third-order valence-electron chi connectivity index (χ3n) is 3.39. The first-order chi connectivity index (χ1) is 8.76. The summed E-state index contributed by atoms with van der Waals surface area (Å²) >= 11 is 3.92. The van der Waals surface area contributed by atoms with Crippen molar-refractivity contribution in [1.82, 2.24) is 10.3 Å². The fourth-order valence-electron chi connectivity index (χ4n) is 2.16. The van der Waals surface area contributed by atoms with E-state index in [2.05, 4.69) is 42.9 Å². The van der Waals surface area contributed by atoms with Crippen molar-refractivity contribution in [3.05, 3.63) is 10.6 Å². The first kappa shape index (κ1) is 14.2. The molecule has 1 aliphatic heterocycles. The third-order valence-corrected chi connectivity index (χ3v) is 5.73. The van der Waals surface area contributed by atoms with Crippen molar-refractivity contribution >= 4 is 28.2 Å². The normalized spacial score (nSPS) is 19.4. The van der Waals surface area contributed by atoms with Crippen molar-refractivity contribution in [2.24, 2.45) is 0 Å². The van der Waals surface area contributed by atoms with Crippen molar-refractivity contribution in [2.75, 3.05) is 30.0 Å². The van der Waals surface area contributed by atoms with Gasteiger partial charge in [-0.15, -0.1) is 11.3 Å². The molecule has 0 bridgehead atoms. The molecule has 2 rings (SSSR count). The van der Waals surface area contributed by atoms with Crippen LogP contribution >= 0.6 is 23.1 Å². The number of hydrogen-bond acceptors (Lipinski definition) is 5. The highest BCUT2D eigenvalue weighted by Crippen LogP contribution is 2.31. The Kier molecular flexibility index (Phi) is 5.33. The second-order valence-electron chi connectivity index (χ2n) is 4.63.